The van der Waals surface area contributed by atoms with Gasteiger partial charge in [0.25, 0.3) is 5.56 Å². The molecule has 13 nitrogen and oxygen atoms in total. The van der Waals surface area contributed by atoms with Crippen LogP contribution in [0.4, 0.5) is 5.95 Å². The van der Waals surface area contributed by atoms with Crippen LogP contribution in [0.1, 0.15) is 12.0 Å². The summed E-state index contributed by atoms with van der Waals surface area (Å²) >= 11 is 0. The molecule has 1 saturated heterocycles. The Morgan fingerprint density at radius 3 is 2.88 bits per heavy atom. The van der Waals surface area contributed by atoms with Gasteiger partial charge in [0.15, 0.2) is 16.9 Å². The van der Waals surface area contributed by atoms with E-state index in [-0.39, 0.29) is 30.0 Å². The summed E-state index contributed by atoms with van der Waals surface area (Å²) in [4.78, 5) is 36.2. The molecule has 3 heterocycles. The monoisotopic (exact) mass is 443 g/mol. The number of carbonyl (C=O) groups excluding carboxylic acids is 1. The van der Waals surface area contributed by atoms with Gasteiger partial charge in [-0.25, -0.2) is 4.98 Å². The number of rotatable bonds is 6. The molecule has 0 spiro atoms. The SMILES string of the molecule is COc1cccc(CC(=O)[C@]2(n3cnc4c(=O)[nH]c(N)nc43)C[C@H](O)[C@@H](CO)O2)c1.N#N. The minimum Gasteiger partial charge on any atom is -0.497 e. The number of aromatic amines is 1. The highest BCUT2D eigenvalue weighted by Crippen LogP contribution is 2.38. The number of H-pyrrole nitrogens is 1. The number of aromatic nitrogens is 4. The number of Topliss-reactive ketones (excluding diaryl/α,β-unsaturated/α-hetero) is 1. The minimum atomic E-state index is -1.72. The van der Waals surface area contributed by atoms with E-state index in [0.717, 1.165) is 0 Å². The van der Waals surface area contributed by atoms with E-state index in [9.17, 15) is 19.8 Å². The number of aliphatic hydroxyl groups excluding tert-OH is 2. The van der Waals surface area contributed by atoms with Crippen LogP contribution in [0.3, 0.4) is 0 Å². The number of hydrogen-bond donors (Lipinski definition) is 4. The summed E-state index contributed by atoms with van der Waals surface area (Å²) in [6.07, 6.45) is -1.05. The molecule has 1 aromatic carbocycles. The van der Waals surface area contributed by atoms with Crippen molar-refractivity contribution in [2.24, 2.45) is 0 Å². The van der Waals surface area contributed by atoms with Gasteiger partial charge in [0.2, 0.25) is 11.7 Å². The lowest BCUT2D eigenvalue weighted by atomic mass is 9.96. The molecular weight excluding hydrogens is 422 g/mol. The molecule has 168 valence electrons. The average molecular weight is 443 g/mol. The fraction of sp³-hybridized carbons (Fsp3) is 0.368. The van der Waals surface area contributed by atoms with E-state index in [1.54, 1.807) is 24.3 Å². The first-order valence-electron chi connectivity index (χ1n) is 9.44. The molecule has 1 aliphatic rings. The maximum absolute atomic E-state index is 13.5. The van der Waals surface area contributed by atoms with Crippen molar-refractivity contribution in [2.75, 3.05) is 19.5 Å². The normalized spacial score (nSPS) is 22.3. The first kappa shape index (κ1) is 22.8. The molecule has 0 bridgehead atoms. The molecule has 4 rings (SSSR count). The van der Waals surface area contributed by atoms with Gasteiger partial charge >= 0.3 is 0 Å². The van der Waals surface area contributed by atoms with E-state index < -0.39 is 35.9 Å². The Morgan fingerprint density at radius 1 is 1.47 bits per heavy atom. The number of nitrogens with two attached hydrogens (primary N) is 1. The highest BCUT2D eigenvalue weighted by atomic mass is 16.6. The number of ether oxygens (including phenoxy) is 2. The smallest absolute Gasteiger partial charge is 0.280 e. The van der Waals surface area contributed by atoms with Crippen molar-refractivity contribution in [3.05, 3.63) is 46.5 Å². The summed E-state index contributed by atoms with van der Waals surface area (Å²) in [7, 11) is 1.52. The topological polar surface area (TPSA) is 213 Å². The zero-order valence-electron chi connectivity index (χ0n) is 17.0. The van der Waals surface area contributed by atoms with Gasteiger partial charge < -0.3 is 25.4 Å². The summed E-state index contributed by atoms with van der Waals surface area (Å²) in [6.45, 7) is -0.488. The van der Waals surface area contributed by atoms with Crippen LogP contribution in [0.15, 0.2) is 35.4 Å². The average Bonchev–Trinajstić information content (AvgIpc) is 3.37. The Bertz CT molecular complexity index is 1210. The molecule has 0 radical (unpaired) electrons. The standard InChI is InChI=1S/C19H21N5O6.N2/c1-29-11-4-2-3-10(5-11)6-14(27)19(7-12(26)13(8-25)30-19)24-9-21-15-16(24)22-18(20)23-17(15)28;1-2/h2-5,9,12-13,25-26H,6-8H2,1H3,(H3,20,22,23,28);/t12-,13+,19-;/m0./s1. The van der Waals surface area contributed by atoms with E-state index in [2.05, 4.69) is 15.0 Å². The van der Waals surface area contributed by atoms with Crippen LogP contribution in [-0.2, 0) is 21.7 Å². The van der Waals surface area contributed by atoms with Crippen molar-refractivity contribution in [2.45, 2.75) is 30.8 Å². The van der Waals surface area contributed by atoms with Crippen LogP contribution in [0.2, 0.25) is 0 Å². The summed E-state index contributed by atoms with van der Waals surface area (Å²) in [6, 6.07) is 6.98. The molecule has 13 heteroatoms. The molecule has 32 heavy (non-hydrogen) atoms. The summed E-state index contributed by atoms with van der Waals surface area (Å²) < 4.78 is 12.4. The first-order chi connectivity index (χ1) is 15.4. The Balaban J connectivity index is 0.00000141. The molecular formula is C19H21N7O6. The number of ketones is 1. The van der Waals surface area contributed by atoms with Gasteiger partial charge in [-0.1, -0.05) is 12.1 Å². The van der Waals surface area contributed by atoms with Gasteiger partial charge in [-0.2, -0.15) is 4.98 Å². The van der Waals surface area contributed by atoms with Crippen LogP contribution in [-0.4, -0.2) is 61.4 Å². The number of nitrogen functional groups attached to an aromatic ring is 1. The zero-order chi connectivity index (χ0) is 23.5. The lowest BCUT2D eigenvalue weighted by Crippen LogP contribution is -2.43. The number of aliphatic hydroxyl groups is 2. The molecule has 0 saturated carbocycles. The Labute approximate surface area is 180 Å². The summed E-state index contributed by atoms with van der Waals surface area (Å²) in [5, 5.41) is 32.0. The Hall–Kier alpha value is -3.86. The second-order valence-corrected chi connectivity index (χ2v) is 7.08. The number of methoxy groups -OCH3 is 1. The molecule has 0 amide bonds. The van der Waals surface area contributed by atoms with E-state index in [0.29, 0.717) is 11.3 Å². The van der Waals surface area contributed by atoms with Crippen LogP contribution in [0.5, 0.6) is 5.75 Å². The lowest BCUT2D eigenvalue weighted by Gasteiger charge is -2.29. The molecule has 5 N–H and O–H groups in total. The molecule has 0 aliphatic carbocycles. The lowest BCUT2D eigenvalue weighted by molar-refractivity contribution is -0.160. The molecule has 1 fully saturated rings. The fourth-order valence-corrected chi connectivity index (χ4v) is 3.72. The van der Waals surface area contributed by atoms with Gasteiger partial charge in [0, 0.05) is 23.6 Å². The maximum Gasteiger partial charge on any atom is 0.280 e. The largest absolute Gasteiger partial charge is 0.497 e. The highest BCUT2D eigenvalue weighted by molar-refractivity contribution is 5.89. The second kappa shape index (κ2) is 9.10. The number of fused-ring (bicyclic) bond motifs is 1. The van der Waals surface area contributed by atoms with E-state index in [4.69, 9.17) is 26.0 Å². The number of nitrogens with zero attached hydrogens (tertiary/aromatic N) is 5. The van der Waals surface area contributed by atoms with Gasteiger partial charge in [-0.05, 0) is 17.7 Å². The number of imidazole rings is 1. The van der Waals surface area contributed by atoms with Crippen molar-refractivity contribution in [1.29, 1.82) is 10.8 Å². The van der Waals surface area contributed by atoms with Gasteiger partial charge in [-0.3, -0.25) is 19.1 Å². The fourth-order valence-electron chi connectivity index (χ4n) is 3.72. The quantitative estimate of drug-likeness (QED) is 0.351. The zero-order valence-corrected chi connectivity index (χ0v) is 17.0. The van der Waals surface area contributed by atoms with Crippen LogP contribution in [0.25, 0.3) is 11.2 Å². The minimum absolute atomic E-state index is 0.0247. The van der Waals surface area contributed by atoms with E-state index in [1.807, 2.05) is 0 Å². The van der Waals surface area contributed by atoms with Crippen molar-refractivity contribution < 1.29 is 24.5 Å². The van der Waals surface area contributed by atoms with Crippen molar-refractivity contribution >= 4 is 22.9 Å². The van der Waals surface area contributed by atoms with Crippen molar-refractivity contribution in [3.8, 4) is 5.75 Å². The molecule has 0 unspecified atom stereocenters. The summed E-state index contributed by atoms with van der Waals surface area (Å²) in [5.41, 5.74) is 4.06. The molecule has 1 aliphatic heterocycles. The van der Waals surface area contributed by atoms with Gasteiger partial charge in [0.05, 0.1) is 19.8 Å². The molecule has 3 aromatic rings. The molecule has 3 atom stereocenters. The number of carbonyl (C=O) groups is 1. The number of anilines is 1. The Kier molecular flexibility index (Phi) is 6.49. The Morgan fingerprint density at radius 2 is 2.22 bits per heavy atom. The van der Waals surface area contributed by atoms with Gasteiger partial charge in [0.1, 0.15) is 18.2 Å². The third kappa shape index (κ3) is 3.89. The number of benzene rings is 1. The maximum atomic E-state index is 13.5. The third-order valence-corrected chi connectivity index (χ3v) is 5.19. The van der Waals surface area contributed by atoms with Crippen molar-refractivity contribution in [1.82, 2.24) is 19.5 Å². The number of nitrogens with one attached hydrogen (secondary N) is 1. The third-order valence-electron chi connectivity index (χ3n) is 5.19. The van der Waals surface area contributed by atoms with Crippen LogP contribution < -0.4 is 16.0 Å². The van der Waals surface area contributed by atoms with E-state index in [1.165, 1.54) is 18.0 Å². The van der Waals surface area contributed by atoms with Gasteiger partial charge in [-0.15, -0.1) is 0 Å². The predicted molar refractivity (Wildman–Crippen MR) is 108 cm³/mol. The first-order valence-corrected chi connectivity index (χ1v) is 9.44. The second-order valence-electron chi connectivity index (χ2n) is 7.08. The summed E-state index contributed by atoms with van der Waals surface area (Å²) in [5.74, 6) is 0.0246. The number of hydrogen-bond acceptors (Lipinski definition) is 11. The molecule has 2 aromatic heterocycles. The highest BCUT2D eigenvalue weighted by Gasteiger charge is 2.53. The van der Waals surface area contributed by atoms with E-state index >= 15 is 0 Å². The van der Waals surface area contributed by atoms with Crippen molar-refractivity contribution in [3.63, 3.8) is 0 Å². The van der Waals surface area contributed by atoms with Crippen LogP contribution >= 0.6 is 0 Å². The predicted octanol–water partition coefficient (Wildman–Crippen LogP) is -0.653. The van der Waals surface area contributed by atoms with Crippen LogP contribution in [0, 0.1) is 10.8 Å².